The van der Waals surface area contributed by atoms with Crippen LogP contribution < -0.4 is 14.9 Å². The second kappa shape index (κ2) is 10.1. The quantitative estimate of drug-likeness (QED) is 0.514. The van der Waals surface area contributed by atoms with Gasteiger partial charge in [-0.05, 0) is 36.4 Å². The number of nitrogens with zero attached hydrogens (tertiary/aromatic N) is 2. The lowest BCUT2D eigenvalue weighted by atomic mass is 10.1. The second-order valence-corrected chi connectivity index (χ2v) is 9.05. The fraction of sp³-hybridized carbons (Fsp3) is 0.182. The van der Waals surface area contributed by atoms with E-state index in [4.69, 9.17) is 4.42 Å². The van der Waals surface area contributed by atoms with Gasteiger partial charge >= 0.3 is 10.2 Å². The van der Waals surface area contributed by atoms with E-state index in [9.17, 15) is 18.0 Å². The third-order valence-electron chi connectivity index (χ3n) is 4.52. The average molecular weight is 457 g/mol. The number of furan rings is 1. The van der Waals surface area contributed by atoms with Gasteiger partial charge in [0.25, 0.3) is 5.91 Å². The van der Waals surface area contributed by atoms with Crippen LogP contribution in [0, 0.1) is 0 Å². The van der Waals surface area contributed by atoms with Crippen LogP contribution in [0.4, 0.5) is 11.4 Å². The molecule has 0 aliphatic heterocycles. The molecule has 0 aliphatic carbocycles. The van der Waals surface area contributed by atoms with Crippen LogP contribution in [0.3, 0.4) is 0 Å². The summed E-state index contributed by atoms with van der Waals surface area (Å²) in [6.45, 7) is -0.274. The average Bonchev–Trinajstić information content (AvgIpc) is 3.30. The van der Waals surface area contributed by atoms with Gasteiger partial charge in [0.15, 0.2) is 0 Å². The highest BCUT2D eigenvalue weighted by Gasteiger charge is 2.27. The lowest BCUT2D eigenvalue weighted by Crippen LogP contribution is -2.44. The van der Waals surface area contributed by atoms with Gasteiger partial charge < -0.3 is 15.1 Å². The Labute approximate surface area is 186 Å². The van der Waals surface area contributed by atoms with Crippen molar-refractivity contribution in [2.75, 3.05) is 30.3 Å². The SMILES string of the molecule is CN(C)S(=O)(=O)N(CC(=O)Nc1ccccc1C(=O)NCc1ccco1)c1ccccc1. The summed E-state index contributed by atoms with van der Waals surface area (Å²) in [4.78, 5) is 25.4. The van der Waals surface area contributed by atoms with Crippen LogP contribution in [-0.2, 0) is 21.5 Å². The number of rotatable bonds is 9. The largest absolute Gasteiger partial charge is 0.467 e. The third-order valence-corrected chi connectivity index (χ3v) is 6.34. The first-order valence-electron chi connectivity index (χ1n) is 9.73. The summed E-state index contributed by atoms with van der Waals surface area (Å²) in [5, 5.41) is 5.37. The molecule has 0 bridgehead atoms. The zero-order chi connectivity index (χ0) is 23.1. The van der Waals surface area contributed by atoms with E-state index >= 15 is 0 Å². The van der Waals surface area contributed by atoms with Crippen LogP contribution in [0.25, 0.3) is 0 Å². The highest BCUT2D eigenvalue weighted by molar-refractivity contribution is 7.90. The van der Waals surface area contributed by atoms with Gasteiger partial charge in [0.1, 0.15) is 12.3 Å². The van der Waals surface area contributed by atoms with E-state index in [2.05, 4.69) is 10.6 Å². The number of para-hydroxylation sites is 2. The Kier molecular flexibility index (Phi) is 7.29. The van der Waals surface area contributed by atoms with Crippen LogP contribution >= 0.6 is 0 Å². The predicted molar refractivity (Wildman–Crippen MR) is 121 cm³/mol. The molecular weight excluding hydrogens is 432 g/mol. The Morgan fingerprint density at radius 1 is 0.938 bits per heavy atom. The Bertz CT molecular complexity index is 1160. The second-order valence-electron chi connectivity index (χ2n) is 6.99. The van der Waals surface area contributed by atoms with E-state index in [1.807, 2.05) is 0 Å². The molecule has 0 unspecified atom stereocenters. The smallest absolute Gasteiger partial charge is 0.304 e. The number of amides is 2. The molecule has 2 N–H and O–H groups in total. The number of hydrogen-bond donors (Lipinski definition) is 2. The molecule has 1 heterocycles. The summed E-state index contributed by atoms with van der Waals surface area (Å²) >= 11 is 0. The van der Waals surface area contributed by atoms with E-state index in [1.165, 1.54) is 20.4 Å². The van der Waals surface area contributed by atoms with Gasteiger partial charge in [0.05, 0.1) is 29.7 Å². The van der Waals surface area contributed by atoms with Crippen LogP contribution in [0.15, 0.2) is 77.4 Å². The van der Waals surface area contributed by atoms with E-state index in [1.54, 1.807) is 66.7 Å². The zero-order valence-electron chi connectivity index (χ0n) is 17.7. The normalized spacial score (nSPS) is 11.2. The Morgan fingerprint density at radius 3 is 2.28 bits per heavy atom. The number of benzene rings is 2. The number of hydrogen-bond acceptors (Lipinski definition) is 5. The molecular formula is C22H24N4O5S. The minimum Gasteiger partial charge on any atom is -0.467 e. The topological polar surface area (TPSA) is 112 Å². The summed E-state index contributed by atoms with van der Waals surface area (Å²) in [5.74, 6) is -0.407. The van der Waals surface area contributed by atoms with Crippen molar-refractivity contribution in [3.05, 3.63) is 84.3 Å². The summed E-state index contributed by atoms with van der Waals surface area (Å²) < 4.78 is 32.8. The molecule has 9 nitrogen and oxygen atoms in total. The molecule has 0 aliphatic rings. The molecule has 0 fully saturated rings. The standard InChI is InChI=1S/C22H24N4O5S/c1-25(2)32(29,30)26(17-9-4-3-5-10-17)16-21(27)24-20-13-7-6-12-19(20)22(28)23-15-18-11-8-14-31-18/h3-14H,15-16H2,1-2H3,(H,23,28)(H,24,27). The summed E-state index contributed by atoms with van der Waals surface area (Å²) in [5.41, 5.74) is 0.861. The molecule has 0 saturated carbocycles. The molecule has 2 amide bonds. The molecule has 3 rings (SSSR count). The highest BCUT2D eigenvalue weighted by atomic mass is 32.2. The van der Waals surface area contributed by atoms with Gasteiger partial charge in [-0.2, -0.15) is 12.7 Å². The fourth-order valence-corrected chi connectivity index (χ4v) is 3.95. The van der Waals surface area contributed by atoms with Crippen molar-refractivity contribution in [1.82, 2.24) is 9.62 Å². The van der Waals surface area contributed by atoms with Gasteiger partial charge in [-0.1, -0.05) is 30.3 Å². The molecule has 2 aromatic carbocycles. The summed E-state index contributed by atoms with van der Waals surface area (Å²) in [6, 6.07) is 18.3. The van der Waals surface area contributed by atoms with Crippen LogP contribution in [0.1, 0.15) is 16.1 Å². The molecule has 0 spiro atoms. The number of anilines is 2. The maximum absolute atomic E-state index is 12.8. The fourth-order valence-electron chi connectivity index (χ4n) is 2.88. The van der Waals surface area contributed by atoms with Crippen LogP contribution in [0.2, 0.25) is 0 Å². The summed E-state index contributed by atoms with van der Waals surface area (Å²) in [6.07, 6.45) is 1.51. The maximum Gasteiger partial charge on any atom is 0.304 e. The first kappa shape index (κ1) is 23.0. The lowest BCUT2D eigenvalue weighted by Gasteiger charge is -2.27. The first-order chi connectivity index (χ1) is 15.3. The Hall–Kier alpha value is -3.63. The lowest BCUT2D eigenvalue weighted by molar-refractivity contribution is -0.114. The molecule has 168 valence electrons. The molecule has 1 aromatic heterocycles. The van der Waals surface area contributed by atoms with Crippen LogP contribution in [0.5, 0.6) is 0 Å². The maximum atomic E-state index is 12.8. The van der Waals surface area contributed by atoms with Gasteiger partial charge in [-0.3, -0.25) is 9.59 Å². The highest BCUT2D eigenvalue weighted by Crippen LogP contribution is 2.20. The molecule has 3 aromatic rings. The summed E-state index contributed by atoms with van der Waals surface area (Å²) in [7, 11) is -1.14. The minimum atomic E-state index is -3.92. The first-order valence-corrected chi connectivity index (χ1v) is 11.1. The predicted octanol–water partition coefficient (Wildman–Crippen LogP) is 2.46. The van der Waals surface area contributed by atoms with Crippen molar-refractivity contribution in [3.63, 3.8) is 0 Å². The van der Waals surface area contributed by atoms with Gasteiger partial charge in [0.2, 0.25) is 5.91 Å². The van der Waals surface area contributed by atoms with E-state index in [0.717, 1.165) is 8.61 Å². The molecule has 0 atom stereocenters. The van der Waals surface area contributed by atoms with Crippen molar-refractivity contribution in [2.24, 2.45) is 0 Å². The van der Waals surface area contributed by atoms with Crippen molar-refractivity contribution in [2.45, 2.75) is 6.54 Å². The van der Waals surface area contributed by atoms with Crippen molar-refractivity contribution < 1.29 is 22.4 Å². The molecule has 0 radical (unpaired) electrons. The minimum absolute atomic E-state index is 0.191. The number of carbonyl (C=O) groups is 2. The third kappa shape index (κ3) is 5.54. The molecule has 0 saturated heterocycles. The van der Waals surface area contributed by atoms with Gasteiger partial charge in [-0.25, -0.2) is 4.31 Å². The van der Waals surface area contributed by atoms with E-state index in [-0.39, 0.29) is 17.8 Å². The number of nitrogens with one attached hydrogen (secondary N) is 2. The monoisotopic (exact) mass is 456 g/mol. The van der Waals surface area contributed by atoms with Gasteiger partial charge in [-0.15, -0.1) is 0 Å². The Morgan fingerprint density at radius 2 is 1.62 bits per heavy atom. The van der Waals surface area contributed by atoms with Crippen molar-refractivity contribution in [3.8, 4) is 0 Å². The van der Waals surface area contributed by atoms with Crippen molar-refractivity contribution in [1.29, 1.82) is 0 Å². The van der Waals surface area contributed by atoms with Crippen molar-refractivity contribution >= 4 is 33.4 Å². The zero-order valence-corrected chi connectivity index (χ0v) is 18.5. The molecule has 10 heteroatoms. The Balaban J connectivity index is 1.76. The number of carbonyl (C=O) groups excluding carboxylic acids is 2. The van der Waals surface area contributed by atoms with E-state index < -0.39 is 28.6 Å². The van der Waals surface area contributed by atoms with Crippen LogP contribution in [-0.4, -0.2) is 45.2 Å². The van der Waals surface area contributed by atoms with Gasteiger partial charge in [0, 0.05) is 14.1 Å². The molecule has 32 heavy (non-hydrogen) atoms. The van der Waals surface area contributed by atoms with E-state index in [0.29, 0.717) is 11.4 Å².